The second-order valence-electron chi connectivity index (χ2n) is 5.79. The van der Waals surface area contributed by atoms with Gasteiger partial charge >= 0.3 is 0 Å². The fourth-order valence-corrected chi connectivity index (χ4v) is 2.94. The molecule has 1 aliphatic heterocycles. The lowest BCUT2D eigenvalue weighted by atomic mass is 9.98. The van der Waals surface area contributed by atoms with Gasteiger partial charge in [-0.05, 0) is 48.4 Å². The average Bonchev–Trinajstić information content (AvgIpc) is 3.13. The van der Waals surface area contributed by atoms with Gasteiger partial charge in [-0.25, -0.2) is 4.39 Å². The van der Waals surface area contributed by atoms with Crippen molar-refractivity contribution in [3.05, 3.63) is 47.8 Å². The first-order valence-electron chi connectivity index (χ1n) is 8.04. The first kappa shape index (κ1) is 16.7. The van der Waals surface area contributed by atoms with Gasteiger partial charge in [0.25, 0.3) is 0 Å². The van der Waals surface area contributed by atoms with Crippen LogP contribution in [0.2, 0.25) is 0 Å². The molecular weight excluding hydrogens is 309 g/mol. The highest BCUT2D eigenvalue weighted by Gasteiger charge is 2.17. The van der Waals surface area contributed by atoms with Gasteiger partial charge < -0.3 is 19.5 Å². The number of nitrogens with one attached hydrogen (secondary N) is 1. The Morgan fingerprint density at radius 2 is 1.92 bits per heavy atom. The molecule has 5 heteroatoms. The van der Waals surface area contributed by atoms with Crippen LogP contribution in [0.1, 0.15) is 12.0 Å². The SMILES string of the molecule is COc1ccc(-c2ccc(F)cc2CO[C@H]2CCNC2)c(OC)c1. The van der Waals surface area contributed by atoms with Gasteiger partial charge in [0.05, 0.1) is 26.9 Å². The normalized spacial score (nSPS) is 17.0. The third-order valence-electron chi connectivity index (χ3n) is 4.26. The van der Waals surface area contributed by atoms with Crippen LogP contribution in [0.3, 0.4) is 0 Å². The van der Waals surface area contributed by atoms with Crippen LogP contribution in [-0.2, 0) is 11.3 Å². The monoisotopic (exact) mass is 331 g/mol. The van der Waals surface area contributed by atoms with Crippen LogP contribution >= 0.6 is 0 Å². The molecule has 0 bridgehead atoms. The predicted molar refractivity (Wildman–Crippen MR) is 91.0 cm³/mol. The number of methoxy groups -OCH3 is 2. The van der Waals surface area contributed by atoms with Crippen LogP contribution in [0.5, 0.6) is 11.5 Å². The number of rotatable bonds is 6. The van der Waals surface area contributed by atoms with Gasteiger partial charge in [0.1, 0.15) is 17.3 Å². The Morgan fingerprint density at radius 1 is 1.08 bits per heavy atom. The first-order chi connectivity index (χ1) is 11.7. The fraction of sp³-hybridized carbons (Fsp3) is 0.368. The summed E-state index contributed by atoms with van der Waals surface area (Å²) in [6.07, 6.45) is 1.16. The van der Waals surface area contributed by atoms with Crippen molar-refractivity contribution in [3.63, 3.8) is 0 Å². The Bertz CT molecular complexity index is 699. The topological polar surface area (TPSA) is 39.7 Å². The Kier molecular flexibility index (Phi) is 5.33. The van der Waals surface area contributed by atoms with E-state index in [1.165, 1.54) is 12.1 Å². The summed E-state index contributed by atoms with van der Waals surface area (Å²) in [6, 6.07) is 10.4. The van der Waals surface area contributed by atoms with E-state index in [2.05, 4.69) is 5.32 Å². The molecular formula is C19H22FNO3. The summed E-state index contributed by atoms with van der Waals surface area (Å²) >= 11 is 0. The molecule has 128 valence electrons. The molecule has 1 saturated heterocycles. The lowest BCUT2D eigenvalue weighted by molar-refractivity contribution is 0.0543. The minimum Gasteiger partial charge on any atom is -0.497 e. The molecule has 1 N–H and O–H groups in total. The molecule has 1 heterocycles. The van der Waals surface area contributed by atoms with Crippen molar-refractivity contribution in [3.8, 4) is 22.6 Å². The van der Waals surface area contributed by atoms with Gasteiger partial charge in [-0.2, -0.15) is 0 Å². The number of benzene rings is 2. The van der Waals surface area contributed by atoms with Gasteiger partial charge in [-0.15, -0.1) is 0 Å². The summed E-state index contributed by atoms with van der Waals surface area (Å²) in [7, 11) is 3.23. The van der Waals surface area contributed by atoms with Crippen LogP contribution in [0.4, 0.5) is 4.39 Å². The van der Waals surface area contributed by atoms with Gasteiger partial charge in [0.15, 0.2) is 0 Å². The van der Waals surface area contributed by atoms with E-state index in [4.69, 9.17) is 14.2 Å². The summed E-state index contributed by atoms with van der Waals surface area (Å²) in [5, 5.41) is 3.26. The van der Waals surface area contributed by atoms with Crippen LogP contribution < -0.4 is 14.8 Å². The van der Waals surface area contributed by atoms with E-state index >= 15 is 0 Å². The molecule has 1 atom stereocenters. The molecule has 0 aromatic heterocycles. The molecule has 1 aliphatic rings. The van der Waals surface area contributed by atoms with E-state index in [-0.39, 0.29) is 11.9 Å². The maximum absolute atomic E-state index is 13.7. The third-order valence-corrected chi connectivity index (χ3v) is 4.26. The summed E-state index contributed by atoms with van der Waals surface area (Å²) in [5.41, 5.74) is 2.61. The molecule has 1 fully saturated rings. The zero-order valence-electron chi connectivity index (χ0n) is 14.0. The van der Waals surface area contributed by atoms with Crippen LogP contribution in [-0.4, -0.2) is 33.4 Å². The van der Waals surface area contributed by atoms with Crippen molar-refractivity contribution in [1.82, 2.24) is 5.32 Å². The second kappa shape index (κ2) is 7.64. The Hall–Kier alpha value is -2.11. The number of hydrogen-bond acceptors (Lipinski definition) is 4. The Morgan fingerprint density at radius 3 is 2.62 bits per heavy atom. The highest BCUT2D eigenvalue weighted by molar-refractivity contribution is 5.74. The van der Waals surface area contributed by atoms with Crippen molar-refractivity contribution < 1.29 is 18.6 Å². The van der Waals surface area contributed by atoms with Crippen LogP contribution in [0.25, 0.3) is 11.1 Å². The maximum Gasteiger partial charge on any atom is 0.130 e. The van der Waals surface area contributed by atoms with E-state index in [1.807, 2.05) is 18.2 Å². The molecule has 3 rings (SSSR count). The lowest BCUT2D eigenvalue weighted by Gasteiger charge is -2.16. The third kappa shape index (κ3) is 3.68. The average molecular weight is 331 g/mol. The zero-order chi connectivity index (χ0) is 16.9. The number of halogens is 1. The molecule has 0 unspecified atom stereocenters. The second-order valence-corrected chi connectivity index (χ2v) is 5.79. The fourth-order valence-electron chi connectivity index (χ4n) is 2.94. The van der Waals surface area contributed by atoms with Crippen molar-refractivity contribution in [2.75, 3.05) is 27.3 Å². The maximum atomic E-state index is 13.7. The van der Waals surface area contributed by atoms with Gasteiger partial charge in [0, 0.05) is 18.2 Å². The molecule has 0 amide bonds. The highest BCUT2D eigenvalue weighted by Crippen LogP contribution is 2.35. The quantitative estimate of drug-likeness (QED) is 0.881. The van der Waals surface area contributed by atoms with E-state index < -0.39 is 0 Å². The van der Waals surface area contributed by atoms with Crippen molar-refractivity contribution >= 4 is 0 Å². The summed E-state index contributed by atoms with van der Waals surface area (Å²) in [5.74, 6) is 1.13. The molecule has 4 nitrogen and oxygen atoms in total. The van der Waals surface area contributed by atoms with Crippen molar-refractivity contribution in [1.29, 1.82) is 0 Å². The van der Waals surface area contributed by atoms with E-state index in [1.54, 1.807) is 20.3 Å². The Balaban J connectivity index is 1.92. The van der Waals surface area contributed by atoms with Gasteiger partial charge in [-0.1, -0.05) is 6.07 Å². The minimum absolute atomic E-state index is 0.180. The summed E-state index contributed by atoms with van der Waals surface area (Å²) in [4.78, 5) is 0. The molecule has 0 radical (unpaired) electrons. The molecule has 0 spiro atoms. The van der Waals surface area contributed by atoms with Crippen LogP contribution in [0.15, 0.2) is 36.4 Å². The standard InChI is InChI=1S/C19H22FNO3/c1-22-15-4-6-18(19(10-15)23-2)17-5-3-14(20)9-13(17)12-24-16-7-8-21-11-16/h3-6,9-10,16,21H,7-8,11-12H2,1-2H3/t16-/m0/s1. The van der Waals surface area contributed by atoms with Gasteiger partial charge in [0.2, 0.25) is 0 Å². The van der Waals surface area contributed by atoms with E-state index in [0.717, 1.165) is 36.2 Å². The number of hydrogen-bond donors (Lipinski definition) is 1. The summed E-state index contributed by atoms with van der Waals surface area (Å²) in [6.45, 7) is 2.18. The van der Waals surface area contributed by atoms with Crippen molar-refractivity contribution in [2.24, 2.45) is 0 Å². The molecule has 2 aromatic carbocycles. The molecule has 24 heavy (non-hydrogen) atoms. The Labute approximate surface area is 141 Å². The van der Waals surface area contributed by atoms with Crippen LogP contribution in [0, 0.1) is 5.82 Å². The minimum atomic E-state index is -0.269. The van der Waals surface area contributed by atoms with E-state index in [0.29, 0.717) is 18.1 Å². The molecule has 2 aromatic rings. The molecule has 0 saturated carbocycles. The highest BCUT2D eigenvalue weighted by atomic mass is 19.1. The largest absolute Gasteiger partial charge is 0.497 e. The predicted octanol–water partition coefficient (Wildman–Crippen LogP) is 3.39. The van der Waals surface area contributed by atoms with Crippen molar-refractivity contribution in [2.45, 2.75) is 19.1 Å². The van der Waals surface area contributed by atoms with E-state index in [9.17, 15) is 4.39 Å². The smallest absolute Gasteiger partial charge is 0.130 e. The lowest BCUT2D eigenvalue weighted by Crippen LogP contribution is -2.16. The molecule has 0 aliphatic carbocycles. The number of ether oxygens (including phenoxy) is 3. The van der Waals surface area contributed by atoms with Gasteiger partial charge in [-0.3, -0.25) is 0 Å². The summed E-state index contributed by atoms with van der Waals surface area (Å²) < 4.78 is 30.4. The zero-order valence-corrected chi connectivity index (χ0v) is 14.0. The first-order valence-corrected chi connectivity index (χ1v) is 8.04.